The SMILES string of the molecule is Cn1c(CNCc2nc(Cc3cccs3)no2)nnc1C1CC(N)C1. The Kier molecular flexibility index (Phi) is 4.60. The number of aromatic nitrogens is 5. The van der Waals surface area contributed by atoms with Gasteiger partial charge in [-0.15, -0.1) is 21.5 Å². The molecule has 8 nitrogen and oxygen atoms in total. The first-order valence-electron chi connectivity index (χ1n) is 8.37. The fourth-order valence-corrected chi connectivity index (χ4v) is 3.74. The molecule has 0 bridgehead atoms. The summed E-state index contributed by atoms with van der Waals surface area (Å²) in [4.78, 5) is 5.64. The second-order valence-corrected chi connectivity index (χ2v) is 7.46. The minimum Gasteiger partial charge on any atom is -0.338 e. The quantitative estimate of drug-likeness (QED) is 0.655. The van der Waals surface area contributed by atoms with E-state index in [2.05, 4.69) is 36.3 Å². The van der Waals surface area contributed by atoms with Crippen molar-refractivity contribution in [2.75, 3.05) is 0 Å². The molecule has 3 N–H and O–H groups in total. The lowest BCUT2D eigenvalue weighted by Gasteiger charge is -2.31. The molecule has 25 heavy (non-hydrogen) atoms. The van der Waals surface area contributed by atoms with Crippen LogP contribution in [-0.4, -0.2) is 30.9 Å². The van der Waals surface area contributed by atoms with Crippen LogP contribution < -0.4 is 11.1 Å². The van der Waals surface area contributed by atoms with Gasteiger partial charge in [0.15, 0.2) is 5.82 Å². The van der Waals surface area contributed by atoms with Gasteiger partial charge in [0.2, 0.25) is 5.89 Å². The van der Waals surface area contributed by atoms with Crippen LogP contribution in [0, 0.1) is 0 Å². The highest BCUT2D eigenvalue weighted by Crippen LogP contribution is 2.34. The number of nitrogens with one attached hydrogen (secondary N) is 1. The Hall–Kier alpha value is -2.10. The van der Waals surface area contributed by atoms with Gasteiger partial charge in [-0.1, -0.05) is 11.2 Å². The van der Waals surface area contributed by atoms with Crippen LogP contribution in [0.3, 0.4) is 0 Å². The monoisotopic (exact) mass is 359 g/mol. The molecule has 1 saturated carbocycles. The van der Waals surface area contributed by atoms with Crippen molar-refractivity contribution < 1.29 is 4.52 Å². The molecule has 0 aliphatic heterocycles. The van der Waals surface area contributed by atoms with Crippen molar-refractivity contribution in [1.29, 1.82) is 0 Å². The molecular weight excluding hydrogens is 338 g/mol. The van der Waals surface area contributed by atoms with Crippen LogP contribution in [0.15, 0.2) is 22.0 Å². The summed E-state index contributed by atoms with van der Waals surface area (Å²) in [5.74, 6) is 3.65. The maximum atomic E-state index is 5.86. The highest BCUT2D eigenvalue weighted by atomic mass is 32.1. The maximum Gasteiger partial charge on any atom is 0.240 e. The molecule has 1 aliphatic rings. The second kappa shape index (κ2) is 7.03. The van der Waals surface area contributed by atoms with E-state index in [9.17, 15) is 0 Å². The van der Waals surface area contributed by atoms with Crippen molar-refractivity contribution in [3.8, 4) is 0 Å². The predicted octanol–water partition coefficient (Wildman–Crippen LogP) is 1.34. The van der Waals surface area contributed by atoms with Crippen molar-refractivity contribution >= 4 is 11.3 Å². The van der Waals surface area contributed by atoms with Crippen molar-refractivity contribution in [3.63, 3.8) is 0 Å². The molecule has 9 heteroatoms. The lowest BCUT2D eigenvalue weighted by atomic mass is 9.80. The molecule has 0 unspecified atom stereocenters. The number of hydrogen-bond donors (Lipinski definition) is 2. The first kappa shape index (κ1) is 16.4. The van der Waals surface area contributed by atoms with E-state index in [4.69, 9.17) is 10.3 Å². The Bertz CT molecular complexity index is 820. The summed E-state index contributed by atoms with van der Waals surface area (Å²) in [7, 11) is 2.00. The molecule has 1 fully saturated rings. The molecule has 4 rings (SSSR count). The standard InChI is InChI=1S/C16H21N7OS/c1-23-14(20-21-16(23)10-5-11(17)6-10)8-18-9-15-19-13(22-24-15)7-12-3-2-4-25-12/h2-4,10-11,18H,5-9,17H2,1H3. The largest absolute Gasteiger partial charge is 0.338 e. The Balaban J connectivity index is 1.29. The summed E-state index contributed by atoms with van der Waals surface area (Å²) < 4.78 is 7.34. The van der Waals surface area contributed by atoms with Crippen LogP contribution >= 0.6 is 11.3 Å². The van der Waals surface area contributed by atoms with E-state index in [1.54, 1.807) is 11.3 Å². The lowest BCUT2D eigenvalue weighted by Crippen LogP contribution is -2.36. The van der Waals surface area contributed by atoms with Crippen molar-refractivity contribution in [1.82, 2.24) is 30.2 Å². The molecule has 0 amide bonds. The first-order valence-corrected chi connectivity index (χ1v) is 9.25. The molecule has 0 atom stereocenters. The third-order valence-electron chi connectivity index (χ3n) is 4.52. The van der Waals surface area contributed by atoms with Crippen LogP contribution in [0.2, 0.25) is 0 Å². The van der Waals surface area contributed by atoms with Crippen molar-refractivity contribution in [2.24, 2.45) is 12.8 Å². The van der Waals surface area contributed by atoms with Gasteiger partial charge in [-0.05, 0) is 24.3 Å². The summed E-state index contributed by atoms with van der Waals surface area (Å²) in [5.41, 5.74) is 5.86. The number of nitrogens with zero attached hydrogens (tertiary/aromatic N) is 5. The molecule has 0 radical (unpaired) electrons. The van der Waals surface area contributed by atoms with E-state index in [0.717, 1.165) is 24.5 Å². The van der Waals surface area contributed by atoms with E-state index in [0.29, 0.717) is 43.2 Å². The molecular formula is C16H21N7OS. The highest BCUT2D eigenvalue weighted by molar-refractivity contribution is 7.09. The van der Waals surface area contributed by atoms with Gasteiger partial charge in [0, 0.05) is 30.3 Å². The van der Waals surface area contributed by atoms with E-state index >= 15 is 0 Å². The van der Waals surface area contributed by atoms with Gasteiger partial charge in [0.1, 0.15) is 11.6 Å². The van der Waals surface area contributed by atoms with E-state index in [1.165, 1.54) is 4.88 Å². The van der Waals surface area contributed by atoms with Gasteiger partial charge >= 0.3 is 0 Å². The molecule has 0 saturated heterocycles. The molecule has 0 aromatic carbocycles. The zero-order chi connectivity index (χ0) is 17.2. The van der Waals surface area contributed by atoms with E-state index < -0.39 is 0 Å². The molecule has 1 aliphatic carbocycles. The van der Waals surface area contributed by atoms with Crippen LogP contribution in [-0.2, 0) is 26.6 Å². The summed E-state index contributed by atoms with van der Waals surface area (Å²) in [6, 6.07) is 4.40. The molecule has 3 aromatic rings. The zero-order valence-corrected chi connectivity index (χ0v) is 14.9. The van der Waals surface area contributed by atoms with Gasteiger partial charge in [0.25, 0.3) is 0 Å². The number of thiophene rings is 1. The van der Waals surface area contributed by atoms with Gasteiger partial charge in [0.05, 0.1) is 13.1 Å². The maximum absolute atomic E-state index is 5.86. The third kappa shape index (κ3) is 3.63. The zero-order valence-electron chi connectivity index (χ0n) is 14.1. The lowest BCUT2D eigenvalue weighted by molar-refractivity contribution is 0.331. The van der Waals surface area contributed by atoms with Crippen LogP contribution in [0.5, 0.6) is 0 Å². The van der Waals surface area contributed by atoms with Gasteiger partial charge in [-0.2, -0.15) is 4.98 Å². The first-order chi connectivity index (χ1) is 12.2. The average Bonchev–Trinajstić information content (AvgIpc) is 3.29. The number of nitrogens with two attached hydrogens (primary N) is 1. The highest BCUT2D eigenvalue weighted by Gasteiger charge is 2.31. The van der Waals surface area contributed by atoms with Crippen molar-refractivity contribution in [2.45, 2.75) is 44.3 Å². The van der Waals surface area contributed by atoms with Crippen molar-refractivity contribution in [3.05, 3.63) is 45.8 Å². The van der Waals surface area contributed by atoms with E-state index in [-0.39, 0.29) is 0 Å². The Morgan fingerprint density at radius 3 is 3.00 bits per heavy atom. The average molecular weight is 359 g/mol. The minimum atomic E-state index is 0.309. The molecule has 0 spiro atoms. The van der Waals surface area contributed by atoms with Crippen LogP contribution in [0.4, 0.5) is 0 Å². The predicted molar refractivity (Wildman–Crippen MR) is 92.9 cm³/mol. The Morgan fingerprint density at radius 2 is 2.24 bits per heavy atom. The fourth-order valence-electron chi connectivity index (χ4n) is 3.04. The summed E-state index contributed by atoms with van der Waals surface area (Å²) in [5, 5.41) is 17.9. The Labute approximate surface area is 149 Å². The van der Waals surface area contributed by atoms with Gasteiger partial charge < -0.3 is 20.1 Å². The topological polar surface area (TPSA) is 108 Å². The number of hydrogen-bond acceptors (Lipinski definition) is 8. The molecule has 3 heterocycles. The fraction of sp³-hybridized carbons (Fsp3) is 0.500. The summed E-state index contributed by atoms with van der Waals surface area (Å²) >= 11 is 1.69. The number of rotatable bonds is 7. The second-order valence-electron chi connectivity index (χ2n) is 6.43. The normalized spacial score (nSPS) is 19.9. The van der Waals surface area contributed by atoms with Crippen LogP contribution in [0.1, 0.15) is 47.0 Å². The van der Waals surface area contributed by atoms with Gasteiger partial charge in [-0.3, -0.25) is 0 Å². The minimum absolute atomic E-state index is 0.309. The van der Waals surface area contributed by atoms with Crippen LogP contribution in [0.25, 0.3) is 0 Å². The summed E-state index contributed by atoms with van der Waals surface area (Å²) in [6.07, 6.45) is 2.69. The van der Waals surface area contributed by atoms with E-state index in [1.807, 2.05) is 18.5 Å². The third-order valence-corrected chi connectivity index (χ3v) is 5.40. The van der Waals surface area contributed by atoms with Gasteiger partial charge in [-0.25, -0.2) is 0 Å². The molecule has 3 aromatic heterocycles. The Morgan fingerprint density at radius 1 is 1.36 bits per heavy atom. The molecule has 132 valence electrons. The summed E-state index contributed by atoms with van der Waals surface area (Å²) in [6.45, 7) is 1.11. The smallest absolute Gasteiger partial charge is 0.240 e.